The van der Waals surface area contributed by atoms with Crippen LogP contribution in [0.2, 0.25) is 0 Å². The van der Waals surface area contributed by atoms with Crippen LogP contribution >= 0.6 is 0 Å². The molecule has 0 saturated heterocycles. The Hall–Kier alpha value is -2.40. The zero-order valence-corrected chi connectivity index (χ0v) is 13.0. The summed E-state index contributed by atoms with van der Waals surface area (Å²) in [5.74, 6) is 0.572. The lowest BCUT2D eigenvalue weighted by molar-refractivity contribution is -0.121. The molecule has 23 heavy (non-hydrogen) atoms. The van der Waals surface area contributed by atoms with Gasteiger partial charge in [-0.3, -0.25) is 9.78 Å². The Labute approximate surface area is 135 Å². The predicted octanol–water partition coefficient (Wildman–Crippen LogP) is 2.87. The number of amides is 1. The van der Waals surface area contributed by atoms with Crippen molar-refractivity contribution in [2.24, 2.45) is 5.73 Å². The van der Waals surface area contributed by atoms with Gasteiger partial charge >= 0.3 is 0 Å². The van der Waals surface area contributed by atoms with Crippen molar-refractivity contribution < 1.29 is 9.53 Å². The second kappa shape index (κ2) is 6.79. The molecule has 1 amide bonds. The van der Waals surface area contributed by atoms with Gasteiger partial charge in [-0.05, 0) is 37.1 Å². The molecule has 0 unspecified atom stereocenters. The van der Waals surface area contributed by atoms with Crippen molar-refractivity contribution in [1.29, 1.82) is 0 Å². The third kappa shape index (κ3) is 3.87. The predicted molar refractivity (Wildman–Crippen MR) is 89.0 cm³/mol. The first kappa shape index (κ1) is 15.5. The molecule has 0 aliphatic heterocycles. The van der Waals surface area contributed by atoms with Crippen LogP contribution in [-0.2, 0) is 11.4 Å². The van der Waals surface area contributed by atoms with Crippen LogP contribution in [0.3, 0.4) is 0 Å². The summed E-state index contributed by atoms with van der Waals surface area (Å²) in [6, 6.07) is 13.0. The van der Waals surface area contributed by atoms with Gasteiger partial charge in [0.1, 0.15) is 12.4 Å². The molecule has 5 nitrogen and oxygen atoms in total. The van der Waals surface area contributed by atoms with Crippen LogP contribution in [0.15, 0.2) is 48.7 Å². The summed E-state index contributed by atoms with van der Waals surface area (Å²) in [5, 5.41) is 2.90. The molecular weight excluding hydrogens is 290 g/mol. The largest absolute Gasteiger partial charge is 0.487 e. The third-order valence-corrected chi connectivity index (χ3v) is 4.15. The van der Waals surface area contributed by atoms with E-state index in [0.717, 1.165) is 31.4 Å². The van der Waals surface area contributed by atoms with Crippen LogP contribution in [-0.4, -0.2) is 16.4 Å². The molecular formula is C18H21N3O2. The molecule has 1 fully saturated rings. The third-order valence-electron chi connectivity index (χ3n) is 4.15. The van der Waals surface area contributed by atoms with Crippen LogP contribution < -0.4 is 15.8 Å². The minimum absolute atomic E-state index is 0.114. The van der Waals surface area contributed by atoms with E-state index in [4.69, 9.17) is 10.5 Å². The Bertz CT molecular complexity index is 667. The van der Waals surface area contributed by atoms with Crippen molar-refractivity contribution in [3.8, 4) is 5.75 Å². The van der Waals surface area contributed by atoms with Crippen LogP contribution in [0.1, 0.15) is 31.4 Å². The van der Waals surface area contributed by atoms with Gasteiger partial charge in [-0.25, -0.2) is 0 Å². The van der Waals surface area contributed by atoms with Gasteiger partial charge in [-0.1, -0.05) is 25.0 Å². The number of ether oxygens (including phenoxy) is 1. The van der Waals surface area contributed by atoms with E-state index < -0.39 is 5.54 Å². The number of aromatic nitrogens is 1. The molecule has 120 valence electrons. The minimum atomic E-state index is -0.731. The molecule has 3 rings (SSSR count). The van der Waals surface area contributed by atoms with Crippen molar-refractivity contribution in [3.05, 3.63) is 54.4 Å². The highest BCUT2D eigenvalue weighted by Crippen LogP contribution is 2.29. The minimum Gasteiger partial charge on any atom is -0.487 e. The summed E-state index contributed by atoms with van der Waals surface area (Å²) in [6.07, 6.45) is 5.25. The quantitative estimate of drug-likeness (QED) is 0.890. The Kier molecular flexibility index (Phi) is 4.57. The Morgan fingerprint density at radius 1 is 1.22 bits per heavy atom. The topological polar surface area (TPSA) is 77.2 Å². The van der Waals surface area contributed by atoms with E-state index in [1.165, 1.54) is 0 Å². The Balaban J connectivity index is 1.62. The maximum atomic E-state index is 12.3. The van der Waals surface area contributed by atoms with Crippen molar-refractivity contribution >= 4 is 11.6 Å². The molecule has 1 aliphatic rings. The normalized spacial score (nSPS) is 16.0. The first-order valence-electron chi connectivity index (χ1n) is 7.89. The van der Waals surface area contributed by atoms with Gasteiger partial charge < -0.3 is 15.8 Å². The molecule has 0 radical (unpaired) electrons. The zero-order valence-electron chi connectivity index (χ0n) is 13.0. The Morgan fingerprint density at radius 3 is 2.78 bits per heavy atom. The highest BCUT2D eigenvalue weighted by atomic mass is 16.5. The Morgan fingerprint density at radius 2 is 2.04 bits per heavy atom. The van der Waals surface area contributed by atoms with Gasteiger partial charge in [0.25, 0.3) is 0 Å². The monoisotopic (exact) mass is 311 g/mol. The first-order valence-corrected chi connectivity index (χ1v) is 7.89. The van der Waals surface area contributed by atoms with Gasteiger partial charge in [0.15, 0.2) is 0 Å². The second-order valence-electron chi connectivity index (χ2n) is 5.95. The van der Waals surface area contributed by atoms with Crippen LogP contribution in [0.25, 0.3) is 0 Å². The van der Waals surface area contributed by atoms with E-state index >= 15 is 0 Å². The molecule has 0 bridgehead atoms. The van der Waals surface area contributed by atoms with Crippen molar-refractivity contribution in [3.63, 3.8) is 0 Å². The summed E-state index contributed by atoms with van der Waals surface area (Å²) in [7, 11) is 0. The summed E-state index contributed by atoms with van der Waals surface area (Å²) in [4.78, 5) is 16.6. The molecule has 3 N–H and O–H groups in total. The second-order valence-corrected chi connectivity index (χ2v) is 5.95. The number of carbonyl (C=O) groups is 1. The van der Waals surface area contributed by atoms with Gasteiger partial charge in [-0.2, -0.15) is 0 Å². The van der Waals surface area contributed by atoms with Gasteiger partial charge in [0.2, 0.25) is 5.91 Å². The number of rotatable bonds is 5. The molecule has 5 heteroatoms. The van der Waals surface area contributed by atoms with Gasteiger partial charge in [-0.15, -0.1) is 0 Å². The molecule has 1 saturated carbocycles. The van der Waals surface area contributed by atoms with E-state index in [1.54, 1.807) is 12.3 Å². The number of hydrogen-bond acceptors (Lipinski definition) is 4. The summed E-state index contributed by atoms with van der Waals surface area (Å²) < 4.78 is 5.72. The molecule has 1 aromatic carbocycles. The zero-order chi connectivity index (χ0) is 16.1. The number of carbonyl (C=O) groups excluding carboxylic acids is 1. The summed E-state index contributed by atoms with van der Waals surface area (Å²) >= 11 is 0. The van der Waals surface area contributed by atoms with E-state index in [2.05, 4.69) is 10.3 Å². The molecule has 1 aromatic heterocycles. The average molecular weight is 311 g/mol. The number of hydrogen-bond donors (Lipinski definition) is 2. The SMILES string of the molecule is NC1(C(=O)Nc2cccc(OCc3ccccn3)c2)CCCC1. The van der Waals surface area contributed by atoms with Crippen molar-refractivity contribution in [1.82, 2.24) is 4.98 Å². The summed E-state index contributed by atoms with van der Waals surface area (Å²) in [6.45, 7) is 0.388. The molecule has 2 aromatic rings. The van der Waals surface area contributed by atoms with E-state index in [0.29, 0.717) is 18.0 Å². The summed E-state index contributed by atoms with van der Waals surface area (Å²) in [5.41, 5.74) is 6.99. The van der Waals surface area contributed by atoms with E-state index in [9.17, 15) is 4.79 Å². The van der Waals surface area contributed by atoms with E-state index in [1.807, 2.05) is 36.4 Å². The number of nitrogens with two attached hydrogens (primary N) is 1. The highest BCUT2D eigenvalue weighted by molar-refractivity contribution is 5.98. The first-order chi connectivity index (χ1) is 11.2. The van der Waals surface area contributed by atoms with Gasteiger partial charge in [0.05, 0.1) is 11.2 Å². The fourth-order valence-corrected chi connectivity index (χ4v) is 2.79. The van der Waals surface area contributed by atoms with Crippen LogP contribution in [0, 0.1) is 0 Å². The highest BCUT2D eigenvalue weighted by Gasteiger charge is 2.36. The fraction of sp³-hybridized carbons (Fsp3) is 0.333. The van der Waals surface area contributed by atoms with Crippen LogP contribution in [0.5, 0.6) is 5.75 Å². The smallest absolute Gasteiger partial charge is 0.244 e. The number of nitrogens with zero attached hydrogens (tertiary/aromatic N) is 1. The molecule has 0 atom stereocenters. The standard InChI is InChI=1S/C18H21N3O2/c19-18(9-2-3-10-18)17(22)21-14-7-5-8-16(12-14)23-13-15-6-1-4-11-20-15/h1,4-8,11-12H,2-3,9-10,13,19H2,(H,21,22). The lowest BCUT2D eigenvalue weighted by Gasteiger charge is -2.22. The van der Waals surface area contributed by atoms with E-state index in [-0.39, 0.29) is 5.91 Å². The average Bonchev–Trinajstić information content (AvgIpc) is 3.02. The van der Waals surface area contributed by atoms with Gasteiger partial charge in [0, 0.05) is 18.0 Å². The fourth-order valence-electron chi connectivity index (χ4n) is 2.79. The molecule has 1 heterocycles. The van der Waals surface area contributed by atoms with Crippen molar-refractivity contribution in [2.75, 3.05) is 5.32 Å². The lowest BCUT2D eigenvalue weighted by atomic mass is 9.98. The number of nitrogens with one attached hydrogen (secondary N) is 1. The number of anilines is 1. The molecule has 0 spiro atoms. The van der Waals surface area contributed by atoms with Crippen molar-refractivity contribution in [2.45, 2.75) is 37.8 Å². The molecule has 1 aliphatic carbocycles. The van der Waals surface area contributed by atoms with Crippen LogP contribution in [0.4, 0.5) is 5.69 Å². The number of pyridine rings is 1. The number of benzene rings is 1. The maximum absolute atomic E-state index is 12.3. The maximum Gasteiger partial charge on any atom is 0.244 e. The lowest BCUT2D eigenvalue weighted by Crippen LogP contribution is -2.48.